The topological polar surface area (TPSA) is 75.3 Å². The number of aromatic nitrogens is 2. The van der Waals surface area contributed by atoms with Gasteiger partial charge in [0.25, 0.3) is 0 Å². The van der Waals surface area contributed by atoms with E-state index in [0.717, 1.165) is 17.1 Å². The van der Waals surface area contributed by atoms with E-state index in [0.29, 0.717) is 30.8 Å². The van der Waals surface area contributed by atoms with Crippen LogP contribution in [0.4, 0.5) is 0 Å². The maximum atomic E-state index is 5.86. The molecule has 2 N–H and O–H groups in total. The number of nitrogens with one attached hydrogen (secondary N) is 2. The van der Waals surface area contributed by atoms with Crippen LogP contribution in [-0.2, 0) is 13.1 Å². The van der Waals surface area contributed by atoms with Crippen molar-refractivity contribution in [1.29, 1.82) is 0 Å². The molecular formula is C14H18ClN5O. The van der Waals surface area contributed by atoms with Crippen molar-refractivity contribution in [1.82, 2.24) is 20.8 Å². The quantitative estimate of drug-likeness (QED) is 0.655. The van der Waals surface area contributed by atoms with E-state index >= 15 is 0 Å². The van der Waals surface area contributed by atoms with E-state index in [2.05, 4.69) is 25.8 Å². The Bertz CT molecular complexity index is 594. The fraction of sp³-hybridized carbons (Fsp3) is 0.357. The molecular weight excluding hydrogens is 290 g/mol. The van der Waals surface area contributed by atoms with E-state index in [4.69, 9.17) is 16.1 Å². The molecule has 0 radical (unpaired) electrons. The number of aryl methyl sites for hydroxylation is 1. The highest BCUT2D eigenvalue weighted by Gasteiger charge is 2.04. The summed E-state index contributed by atoms with van der Waals surface area (Å²) in [5.74, 6) is 1.85. The molecule has 6 nitrogen and oxygen atoms in total. The molecule has 0 amide bonds. The lowest BCUT2D eigenvalue weighted by atomic mass is 10.2. The lowest BCUT2D eigenvalue weighted by molar-refractivity contribution is 0.371. The van der Waals surface area contributed by atoms with Crippen LogP contribution in [0.1, 0.15) is 24.2 Å². The Labute approximate surface area is 128 Å². The van der Waals surface area contributed by atoms with Crippen molar-refractivity contribution in [2.75, 3.05) is 6.54 Å². The third kappa shape index (κ3) is 5.07. The third-order valence-electron chi connectivity index (χ3n) is 2.65. The van der Waals surface area contributed by atoms with Crippen molar-refractivity contribution in [2.24, 2.45) is 4.99 Å². The van der Waals surface area contributed by atoms with Crippen LogP contribution in [0.25, 0.3) is 0 Å². The highest BCUT2D eigenvalue weighted by Crippen LogP contribution is 2.10. The Morgan fingerprint density at radius 3 is 2.67 bits per heavy atom. The van der Waals surface area contributed by atoms with Crippen LogP contribution in [0, 0.1) is 6.92 Å². The summed E-state index contributed by atoms with van der Waals surface area (Å²) in [6.07, 6.45) is 0. The summed E-state index contributed by atoms with van der Waals surface area (Å²) in [5.41, 5.74) is 1.09. The number of aliphatic imine (C=N–C) groups is 1. The average molecular weight is 308 g/mol. The summed E-state index contributed by atoms with van der Waals surface area (Å²) in [4.78, 5) is 8.63. The van der Waals surface area contributed by atoms with Crippen LogP contribution < -0.4 is 10.6 Å². The van der Waals surface area contributed by atoms with Crippen LogP contribution >= 0.6 is 11.6 Å². The molecule has 0 spiro atoms. The van der Waals surface area contributed by atoms with Gasteiger partial charge in [-0.25, -0.2) is 4.99 Å². The minimum absolute atomic E-state index is 0.438. The molecule has 1 aromatic heterocycles. The number of rotatable bonds is 5. The van der Waals surface area contributed by atoms with Gasteiger partial charge in [-0.3, -0.25) is 0 Å². The van der Waals surface area contributed by atoms with Crippen molar-refractivity contribution < 1.29 is 4.52 Å². The monoisotopic (exact) mass is 307 g/mol. The first-order valence-electron chi connectivity index (χ1n) is 6.73. The normalized spacial score (nSPS) is 11.5. The summed E-state index contributed by atoms with van der Waals surface area (Å²) in [5, 5.41) is 10.8. The highest BCUT2D eigenvalue weighted by atomic mass is 35.5. The first-order valence-corrected chi connectivity index (χ1v) is 7.11. The molecule has 0 unspecified atom stereocenters. The summed E-state index contributed by atoms with van der Waals surface area (Å²) in [6.45, 7) is 5.57. The van der Waals surface area contributed by atoms with E-state index in [1.54, 1.807) is 6.92 Å². The van der Waals surface area contributed by atoms with Gasteiger partial charge in [-0.1, -0.05) is 28.9 Å². The van der Waals surface area contributed by atoms with E-state index in [1.165, 1.54) is 0 Å². The summed E-state index contributed by atoms with van der Waals surface area (Å²) in [7, 11) is 0. The van der Waals surface area contributed by atoms with Crippen molar-refractivity contribution in [2.45, 2.75) is 26.9 Å². The molecule has 0 atom stereocenters. The molecule has 112 valence electrons. The van der Waals surface area contributed by atoms with Crippen LogP contribution in [0.15, 0.2) is 33.8 Å². The lowest BCUT2D eigenvalue weighted by Gasteiger charge is -2.09. The van der Waals surface area contributed by atoms with Gasteiger partial charge in [0, 0.05) is 11.6 Å². The van der Waals surface area contributed by atoms with Gasteiger partial charge >= 0.3 is 0 Å². The highest BCUT2D eigenvalue weighted by molar-refractivity contribution is 6.30. The number of hydrogen-bond acceptors (Lipinski definition) is 4. The maximum Gasteiger partial charge on any atom is 0.246 e. The maximum absolute atomic E-state index is 5.86. The van der Waals surface area contributed by atoms with E-state index in [9.17, 15) is 0 Å². The molecule has 2 rings (SSSR count). The molecule has 1 aromatic carbocycles. The molecule has 0 bridgehead atoms. The van der Waals surface area contributed by atoms with Crippen LogP contribution in [-0.4, -0.2) is 22.6 Å². The molecule has 0 aliphatic heterocycles. The number of guanidine groups is 1. The van der Waals surface area contributed by atoms with Gasteiger partial charge < -0.3 is 15.2 Å². The zero-order valence-corrected chi connectivity index (χ0v) is 12.8. The number of nitrogens with zero attached hydrogens (tertiary/aromatic N) is 3. The predicted molar refractivity (Wildman–Crippen MR) is 82.1 cm³/mol. The molecule has 0 aliphatic carbocycles. The van der Waals surface area contributed by atoms with Crippen molar-refractivity contribution in [3.8, 4) is 0 Å². The van der Waals surface area contributed by atoms with Gasteiger partial charge in [-0.05, 0) is 31.5 Å². The third-order valence-corrected chi connectivity index (χ3v) is 2.91. The van der Waals surface area contributed by atoms with Gasteiger partial charge in [0.2, 0.25) is 5.89 Å². The number of benzene rings is 1. The lowest BCUT2D eigenvalue weighted by Crippen LogP contribution is -2.36. The second-order valence-electron chi connectivity index (χ2n) is 4.41. The van der Waals surface area contributed by atoms with Crippen molar-refractivity contribution in [3.63, 3.8) is 0 Å². The smallest absolute Gasteiger partial charge is 0.246 e. The Morgan fingerprint density at radius 2 is 2.05 bits per heavy atom. The number of hydrogen-bond donors (Lipinski definition) is 2. The zero-order chi connectivity index (χ0) is 15.1. The summed E-state index contributed by atoms with van der Waals surface area (Å²) < 4.78 is 5.05. The van der Waals surface area contributed by atoms with E-state index < -0.39 is 0 Å². The minimum Gasteiger partial charge on any atom is -0.357 e. The fourth-order valence-electron chi connectivity index (χ4n) is 1.67. The van der Waals surface area contributed by atoms with Gasteiger partial charge in [0.05, 0.1) is 13.1 Å². The first kappa shape index (κ1) is 15.3. The Hall–Kier alpha value is -2.08. The molecule has 0 saturated carbocycles. The van der Waals surface area contributed by atoms with Gasteiger partial charge in [-0.2, -0.15) is 4.98 Å². The summed E-state index contributed by atoms with van der Waals surface area (Å²) >= 11 is 5.86. The van der Waals surface area contributed by atoms with Crippen LogP contribution in [0.5, 0.6) is 0 Å². The Morgan fingerprint density at radius 1 is 1.29 bits per heavy atom. The second kappa shape index (κ2) is 7.64. The second-order valence-corrected chi connectivity index (χ2v) is 4.85. The van der Waals surface area contributed by atoms with Gasteiger partial charge in [0.15, 0.2) is 11.8 Å². The van der Waals surface area contributed by atoms with Crippen LogP contribution in [0.3, 0.4) is 0 Å². The van der Waals surface area contributed by atoms with Crippen molar-refractivity contribution in [3.05, 3.63) is 46.6 Å². The Kier molecular flexibility index (Phi) is 5.57. The molecule has 0 aliphatic rings. The van der Waals surface area contributed by atoms with Gasteiger partial charge in [0.1, 0.15) is 0 Å². The van der Waals surface area contributed by atoms with Crippen LogP contribution in [0.2, 0.25) is 5.02 Å². The zero-order valence-electron chi connectivity index (χ0n) is 12.1. The standard InChI is InChI=1S/C14H18ClN5O/c1-3-16-14(18-9-13-19-10(2)20-21-13)17-8-11-4-6-12(15)7-5-11/h4-7H,3,8-9H2,1-2H3,(H2,16,17,18). The molecule has 7 heteroatoms. The molecule has 0 saturated heterocycles. The van der Waals surface area contributed by atoms with Gasteiger partial charge in [-0.15, -0.1) is 0 Å². The molecule has 0 fully saturated rings. The largest absolute Gasteiger partial charge is 0.357 e. The van der Waals surface area contributed by atoms with E-state index in [-0.39, 0.29) is 0 Å². The average Bonchev–Trinajstić information content (AvgIpc) is 2.89. The Balaban J connectivity index is 1.93. The number of halogens is 1. The SMILES string of the molecule is CCNC(=NCc1ccc(Cl)cc1)NCc1nc(C)no1. The minimum atomic E-state index is 0.438. The van der Waals surface area contributed by atoms with Crippen molar-refractivity contribution >= 4 is 17.6 Å². The molecule has 21 heavy (non-hydrogen) atoms. The summed E-state index contributed by atoms with van der Waals surface area (Å²) in [6, 6.07) is 7.62. The first-order chi connectivity index (χ1) is 10.2. The molecule has 2 aromatic rings. The van der Waals surface area contributed by atoms with E-state index in [1.807, 2.05) is 31.2 Å². The molecule has 1 heterocycles. The predicted octanol–water partition coefficient (Wildman–Crippen LogP) is 2.29. The fourth-order valence-corrected chi connectivity index (χ4v) is 1.80.